The first-order valence-electron chi connectivity index (χ1n) is 4.67. The molecule has 0 unspecified atom stereocenters. The molecule has 1 aromatic heterocycles. The molecule has 18 heavy (non-hydrogen) atoms. The molecule has 2 aromatic rings. The Morgan fingerprint density at radius 3 is 2.56 bits per heavy atom. The molecule has 0 aliphatic heterocycles. The van der Waals surface area contributed by atoms with Crippen molar-refractivity contribution in [2.45, 2.75) is 11.5 Å². The first kappa shape index (κ1) is 13.5. The number of hydrogen-bond donors (Lipinski definition) is 0. The van der Waals surface area contributed by atoms with Crippen LogP contribution in [0.1, 0.15) is 11.4 Å². The summed E-state index contributed by atoms with van der Waals surface area (Å²) in [5.74, 6) is 0.434. The van der Waals surface area contributed by atoms with Gasteiger partial charge in [-0.15, -0.1) is 0 Å². The SMILES string of the molecule is FC(F)(F)c1cc(-c2nc(CBr)no2)ccc1Br. The van der Waals surface area contributed by atoms with E-state index in [1.165, 1.54) is 12.1 Å². The molecule has 96 valence electrons. The lowest BCUT2D eigenvalue weighted by molar-refractivity contribution is -0.138. The standard InChI is InChI=1S/C10H5Br2F3N2O/c11-4-8-16-9(18-17-8)5-1-2-7(12)6(3-5)10(13,14)15/h1-3H,4H2. The van der Waals surface area contributed by atoms with Crippen molar-refractivity contribution in [2.24, 2.45) is 0 Å². The van der Waals surface area contributed by atoms with Crippen LogP contribution < -0.4 is 0 Å². The highest BCUT2D eigenvalue weighted by Crippen LogP contribution is 2.37. The third kappa shape index (κ3) is 2.74. The molecule has 0 amide bonds. The van der Waals surface area contributed by atoms with Crippen molar-refractivity contribution in [3.05, 3.63) is 34.1 Å². The summed E-state index contributed by atoms with van der Waals surface area (Å²) in [6.07, 6.45) is -4.44. The van der Waals surface area contributed by atoms with Crippen LogP contribution in [0.25, 0.3) is 11.5 Å². The minimum Gasteiger partial charge on any atom is -0.334 e. The summed E-state index contributed by atoms with van der Waals surface area (Å²) in [5, 5.41) is 3.97. The van der Waals surface area contributed by atoms with Crippen molar-refractivity contribution in [3.8, 4) is 11.5 Å². The summed E-state index contributed by atoms with van der Waals surface area (Å²) in [4.78, 5) is 3.94. The van der Waals surface area contributed by atoms with Gasteiger partial charge in [0.25, 0.3) is 5.89 Å². The van der Waals surface area contributed by atoms with E-state index in [4.69, 9.17) is 4.52 Å². The Balaban J connectivity index is 2.47. The topological polar surface area (TPSA) is 38.9 Å². The Morgan fingerprint density at radius 1 is 1.28 bits per heavy atom. The zero-order valence-corrected chi connectivity index (χ0v) is 11.8. The van der Waals surface area contributed by atoms with Gasteiger partial charge in [-0.2, -0.15) is 18.2 Å². The van der Waals surface area contributed by atoms with E-state index in [2.05, 4.69) is 42.0 Å². The summed E-state index contributed by atoms with van der Waals surface area (Å²) < 4.78 is 43.0. The lowest BCUT2D eigenvalue weighted by atomic mass is 10.1. The molecule has 1 aromatic carbocycles. The first-order chi connectivity index (χ1) is 8.41. The van der Waals surface area contributed by atoms with E-state index >= 15 is 0 Å². The van der Waals surface area contributed by atoms with Crippen LogP contribution in [-0.4, -0.2) is 10.1 Å². The third-order valence-electron chi connectivity index (χ3n) is 2.11. The quantitative estimate of drug-likeness (QED) is 0.718. The monoisotopic (exact) mass is 384 g/mol. The molecule has 0 radical (unpaired) electrons. The molecule has 0 aliphatic rings. The average Bonchev–Trinajstić information content (AvgIpc) is 2.76. The molecular weight excluding hydrogens is 381 g/mol. The summed E-state index contributed by atoms with van der Waals surface area (Å²) in [6, 6.07) is 3.75. The highest BCUT2D eigenvalue weighted by molar-refractivity contribution is 9.10. The number of rotatable bonds is 2. The van der Waals surface area contributed by atoms with Crippen LogP contribution in [0, 0.1) is 0 Å². The van der Waals surface area contributed by atoms with Crippen LogP contribution in [-0.2, 0) is 11.5 Å². The number of aromatic nitrogens is 2. The van der Waals surface area contributed by atoms with Crippen LogP contribution in [0.3, 0.4) is 0 Å². The normalized spacial score (nSPS) is 11.8. The Hall–Kier alpha value is -0.890. The average molecular weight is 386 g/mol. The minimum absolute atomic E-state index is 0.0287. The molecule has 8 heteroatoms. The molecule has 0 spiro atoms. The summed E-state index contributed by atoms with van der Waals surface area (Å²) in [6.45, 7) is 0. The Labute approximate surface area is 117 Å². The molecule has 0 aliphatic carbocycles. The Bertz CT molecular complexity index is 568. The maximum atomic E-state index is 12.7. The first-order valence-corrected chi connectivity index (χ1v) is 6.59. The molecule has 0 N–H and O–H groups in total. The molecular formula is C10H5Br2F3N2O. The van der Waals surface area contributed by atoms with Crippen LogP contribution in [0.5, 0.6) is 0 Å². The van der Waals surface area contributed by atoms with Crippen molar-refractivity contribution in [1.82, 2.24) is 10.1 Å². The van der Waals surface area contributed by atoms with Gasteiger partial charge in [0.15, 0.2) is 5.82 Å². The predicted octanol–water partition coefficient (Wildman–Crippen LogP) is 4.41. The zero-order chi connectivity index (χ0) is 13.3. The van der Waals surface area contributed by atoms with Crippen molar-refractivity contribution in [1.29, 1.82) is 0 Å². The second-order valence-electron chi connectivity index (χ2n) is 3.34. The van der Waals surface area contributed by atoms with Crippen LogP contribution >= 0.6 is 31.9 Å². The number of benzene rings is 1. The van der Waals surface area contributed by atoms with Crippen LogP contribution in [0.15, 0.2) is 27.2 Å². The lowest BCUT2D eigenvalue weighted by Gasteiger charge is -2.09. The van der Waals surface area contributed by atoms with Gasteiger partial charge in [-0.25, -0.2) is 0 Å². The smallest absolute Gasteiger partial charge is 0.334 e. The molecule has 2 rings (SSSR count). The number of nitrogens with zero attached hydrogens (tertiary/aromatic N) is 2. The van der Waals surface area contributed by atoms with Crippen molar-refractivity contribution < 1.29 is 17.7 Å². The highest BCUT2D eigenvalue weighted by Gasteiger charge is 2.33. The van der Waals surface area contributed by atoms with Gasteiger partial charge in [-0.3, -0.25) is 0 Å². The molecule has 0 atom stereocenters. The van der Waals surface area contributed by atoms with E-state index in [0.717, 1.165) is 6.07 Å². The van der Waals surface area contributed by atoms with Gasteiger partial charge in [0.05, 0.1) is 10.9 Å². The largest absolute Gasteiger partial charge is 0.417 e. The predicted molar refractivity (Wildman–Crippen MR) is 65.1 cm³/mol. The molecule has 0 fully saturated rings. The highest BCUT2D eigenvalue weighted by atomic mass is 79.9. The zero-order valence-electron chi connectivity index (χ0n) is 8.63. The second kappa shape index (κ2) is 5.00. The van der Waals surface area contributed by atoms with Crippen LogP contribution in [0.4, 0.5) is 13.2 Å². The van der Waals surface area contributed by atoms with Gasteiger partial charge in [-0.05, 0) is 18.2 Å². The van der Waals surface area contributed by atoms with Gasteiger partial charge >= 0.3 is 6.18 Å². The van der Waals surface area contributed by atoms with E-state index in [0.29, 0.717) is 11.2 Å². The molecule has 0 saturated heterocycles. The van der Waals surface area contributed by atoms with E-state index < -0.39 is 11.7 Å². The maximum absolute atomic E-state index is 12.7. The summed E-state index contributed by atoms with van der Waals surface area (Å²) in [5.41, 5.74) is -0.552. The fourth-order valence-corrected chi connectivity index (χ4v) is 2.00. The summed E-state index contributed by atoms with van der Waals surface area (Å²) in [7, 11) is 0. The summed E-state index contributed by atoms with van der Waals surface area (Å²) >= 11 is 5.99. The minimum atomic E-state index is -4.44. The van der Waals surface area contributed by atoms with Gasteiger partial charge in [0.1, 0.15) is 0 Å². The van der Waals surface area contributed by atoms with Gasteiger partial charge in [0.2, 0.25) is 0 Å². The van der Waals surface area contributed by atoms with E-state index in [1.807, 2.05) is 0 Å². The number of halogens is 5. The van der Waals surface area contributed by atoms with Gasteiger partial charge in [-0.1, -0.05) is 37.0 Å². The van der Waals surface area contributed by atoms with Gasteiger partial charge in [0, 0.05) is 10.0 Å². The van der Waals surface area contributed by atoms with Gasteiger partial charge < -0.3 is 4.52 Å². The van der Waals surface area contributed by atoms with E-state index in [1.54, 1.807) is 0 Å². The van der Waals surface area contributed by atoms with Crippen molar-refractivity contribution in [2.75, 3.05) is 0 Å². The molecule has 3 nitrogen and oxygen atoms in total. The lowest BCUT2D eigenvalue weighted by Crippen LogP contribution is -2.06. The fraction of sp³-hybridized carbons (Fsp3) is 0.200. The van der Waals surface area contributed by atoms with Crippen LogP contribution in [0.2, 0.25) is 0 Å². The maximum Gasteiger partial charge on any atom is 0.417 e. The number of alkyl halides is 4. The Kier molecular flexibility index (Phi) is 3.76. The third-order valence-corrected chi connectivity index (χ3v) is 3.30. The Morgan fingerprint density at radius 2 is 2.00 bits per heavy atom. The van der Waals surface area contributed by atoms with Crippen molar-refractivity contribution in [3.63, 3.8) is 0 Å². The van der Waals surface area contributed by atoms with E-state index in [9.17, 15) is 13.2 Å². The van der Waals surface area contributed by atoms with Crippen molar-refractivity contribution >= 4 is 31.9 Å². The second-order valence-corrected chi connectivity index (χ2v) is 4.76. The fourth-order valence-electron chi connectivity index (χ4n) is 1.30. The molecule has 0 saturated carbocycles. The number of hydrogen-bond acceptors (Lipinski definition) is 3. The molecule has 1 heterocycles. The molecule has 0 bridgehead atoms. The van der Waals surface area contributed by atoms with E-state index in [-0.39, 0.29) is 15.9 Å².